The van der Waals surface area contributed by atoms with Gasteiger partial charge in [0.05, 0.1) is 10.8 Å². The summed E-state index contributed by atoms with van der Waals surface area (Å²) in [5.41, 5.74) is 10.5. The molecule has 6 rings (SSSR count). The Morgan fingerprint density at radius 2 is 0.946 bits per heavy atom. The number of unbranched alkanes of at least 4 members (excludes halogenated alkanes) is 2. The molecule has 0 heterocycles. The Kier molecular flexibility index (Phi) is 6.82. The lowest BCUT2D eigenvalue weighted by atomic mass is 10.1. The van der Waals surface area contributed by atoms with Crippen molar-refractivity contribution >= 4 is 41.6 Å². The number of fused-ring (bicyclic) bond motifs is 6. The van der Waals surface area contributed by atoms with E-state index in [2.05, 4.69) is 98.8 Å². The lowest BCUT2D eigenvalue weighted by molar-refractivity contribution is 0.837. The smallest absolute Gasteiger partial charge is 0.113 e. The van der Waals surface area contributed by atoms with Crippen LogP contribution in [0, 0.1) is 0 Å². The quantitative estimate of drug-likeness (QED) is 0.154. The molecule has 2 aliphatic rings. The molecule has 4 aromatic carbocycles. The second-order valence-corrected chi connectivity index (χ2v) is 15.8. The third kappa shape index (κ3) is 3.85. The van der Waals surface area contributed by atoms with Crippen molar-refractivity contribution in [1.29, 1.82) is 0 Å². The van der Waals surface area contributed by atoms with Crippen LogP contribution in [0.5, 0.6) is 0 Å². The standard InChI is InChI=1S/C34H34Cl2Si/c1-3-5-21-37(22-6-4-2,29-19-11-17-25-23-13-7-9-15-27(23)33(35)31(25)29)30-20-12-18-26-24-14-8-10-16-28(24)34(36)32(26)30/h7-20,33-34H,3-6,21-22H2,1-2H3. The Hall–Kier alpha value is -2.32. The average Bonchev–Trinajstić information content (AvgIpc) is 3.41. The van der Waals surface area contributed by atoms with Crippen molar-refractivity contribution in [2.45, 2.75) is 62.4 Å². The third-order valence-corrected chi connectivity index (χ3v) is 15.0. The highest BCUT2D eigenvalue weighted by Gasteiger charge is 2.45. The van der Waals surface area contributed by atoms with Crippen molar-refractivity contribution in [2.24, 2.45) is 0 Å². The van der Waals surface area contributed by atoms with E-state index in [4.69, 9.17) is 23.2 Å². The minimum atomic E-state index is -2.23. The molecule has 4 aromatic rings. The normalized spacial score (nSPS) is 17.3. The van der Waals surface area contributed by atoms with Gasteiger partial charge in [-0.2, -0.15) is 0 Å². The third-order valence-electron chi connectivity index (χ3n) is 8.71. The van der Waals surface area contributed by atoms with Gasteiger partial charge in [-0.15, -0.1) is 23.2 Å². The molecule has 0 bridgehead atoms. The van der Waals surface area contributed by atoms with Crippen molar-refractivity contribution < 1.29 is 0 Å². The van der Waals surface area contributed by atoms with Crippen molar-refractivity contribution in [3.8, 4) is 22.3 Å². The Morgan fingerprint density at radius 1 is 0.541 bits per heavy atom. The van der Waals surface area contributed by atoms with E-state index in [0.717, 1.165) is 0 Å². The topological polar surface area (TPSA) is 0 Å². The van der Waals surface area contributed by atoms with Crippen LogP contribution in [0.2, 0.25) is 12.1 Å². The fourth-order valence-corrected chi connectivity index (χ4v) is 14.0. The van der Waals surface area contributed by atoms with E-state index in [1.807, 2.05) is 0 Å². The largest absolute Gasteiger partial charge is 0.119 e. The molecule has 0 amide bonds. The number of alkyl halides is 2. The fourth-order valence-electron chi connectivity index (χ4n) is 6.98. The zero-order valence-corrected chi connectivity index (χ0v) is 24.2. The maximum atomic E-state index is 7.36. The van der Waals surface area contributed by atoms with Crippen LogP contribution in [0.3, 0.4) is 0 Å². The van der Waals surface area contributed by atoms with Gasteiger partial charge in [0, 0.05) is 0 Å². The first-order valence-electron chi connectivity index (χ1n) is 13.9. The summed E-state index contributed by atoms with van der Waals surface area (Å²) in [6, 6.07) is 33.9. The van der Waals surface area contributed by atoms with Gasteiger partial charge in [-0.25, -0.2) is 0 Å². The van der Waals surface area contributed by atoms with E-state index in [-0.39, 0.29) is 10.8 Å². The Bertz CT molecular complexity index is 1350. The number of hydrogen-bond acceptors (Lipinski definition) is 0. The van der Waals surface area contributed by atoms with Gasteiger partial charge in [0.25, 0.3) is 0 Å². The first kappa shape index (κ1) is 25.0. The van der Waals surface area contributed by atoms with Crippen LogP contribution in [-0.4, -0.2) is 8.07 Å². The van der Waals surface area contributed by atoms with E-state index < -0.39 is 8.07 Å². The molecule has 188 valence electrons. The SMILES string of the molecule is CCCC[Si](CCCC)(c1cccc2c1C(Cl)c1ccccc1-2)c1cccc2c1C(Cl)c1ccccc1-2. The predicted octanol–water partition coefficient (Wildman–Crippen LogP) is 9.47. The van der Waals surface area contributed by atoms with Crippen molar-refractivity contribution in [3.05, 3.63) is 107 Å². The molecule has 2 atom stereocenters. The molecule has 3 heteroatoms. The highest BCUT2D eigenvalue weighted by Crippen LogP contribution is 2.49. The van der Waals surface area contributed by atoms with Gasteiger partial charge in [0.1, 0.15) is 8.07 Å². The van der Waals surface area contributed by atoms with Crippen molar-refractivity contribution in [2.75, 3.05) is 0 Å². The van der Waals surface area contributed by atoms with Crippen LogP contribution in [-0.2, 0) is 0 Å². The fraction of sp³-hybridized carbons (Fsp3) is 0.294. The molecule has 0 spiro atoms. The van der Waals surface area contributed by atoms with Gasteiger partial charge < -0.3 is 0 Å². The minimum absolute atomic E-state index is 0.0988. The summed E-state index contributed by atoms with van der Waals surface area (Å²) in [5, 5.41) is 2.88. The molecule has 0 saturated heterocycles. The maximum absolute atomic E-state index is 7.36. The summed E-state index contributed by atoms with van der Waals surface area (Å²) in [6.45, 7) is 4.65. The molecule has 0 nitrogen and oxygen atoms in total. The van der Waals surface area contributed by atoms with Crippen molar-refractivity contribution in [3.63, 3.8) is 0 Å². The molecule has 2 unspecified atom stereocenters. The van der Waals surface area contributed by atoms with E-state index in [9.17, 15) is 0 Å². The molecule has 37 heavy (non-hydrogen) atoms. The summed E-state index contributed by atoms with van der Waals surface area (Å²) in [7, 11) is -2.23. The predicted molar refractivity (Wildman–Crippen MR) is 164 cm³/mol. The lowest BCUT2D eigenvalue weighted by Crippen LogP contribution is -2.60. The molecular formula is C34H34Cl2Si. The van der Waals surface area contributed by atoms with Gasteiger partial charge in [-0.1, -0.05) is 124 Å². The van der Waals surface area contributed by atoms with Gasteiger partial charge in [-0.05, 0) is 67.0 Å². The summed E-state index contributed by atoms with van der Waals surface area (Å²) in [4.78, 5) is 0. The molecule has 0 aromatic heterocycles. The number of benzene rings is 4. The Labute approximate surface area is 232 Å². The highest BCUT2D eigenvalue weighted by atomic mass is 35.5. The van der Waals surface area contributed by atoms with E-state index in [1.165, 1.54) is 92.7 Å². The van der Waals surface area contributed by atoms with Gasteiger partial charge in [0.2, 0.25) is 0 Å². The highest BCUT2D eigenvalue weighted by molar-refractivity contribution is 7.03. The average molecular weight is 542 g/mol. The number of rotatable bonds is 8. The molecular weight excluding hydrogens is 507 g/mol. The molecule has 0 N–H and O–H groups in total. The van der Waals surface area contributed by atoms with Gasteiger partial charge in [-0.3, -0.25) is 0 Å². The van der Waals surface area contributed by atoms with Crippen molar-refractivity contribution in [1.82, 2.24) is 0 Å². The van der Waals surface area contributed by atoms with Crippen LogP contribution < -0.4 is 10.4 Å². The molecule has 0 saturated carbocycles. The number of hydrogen-bond donors (Lipinski definition) is 0. The van der Waals surface area contributed by atoms with Crippen LogP contribution in [0.25, 0.3) is 22.3 Å². The first-order valence-corrected chi connectivity index (χ1v) is 17.1. The first-order chi connectivity index (χ1) is 18.1. The van der Waals surface area contributed by atoms with Gasteiger partial charge in [0.15, 0.2) is 0 Å². The Balaban J connectivity index is 1.64. The van der Waals surface area contributed by atoms with Gasteiger partial charge >= 0.3 is 0 Å². The zero-order chi connectivity index (χ0) is 25.6. The van der Waals surface area contributed by atoms with Crippen LogP contribution in [0.1, 0.15) is 72.5 Å². The molecule has 2 aliphatic carbocycles. The van der Waals surface area contributed by atoms with E-state index in [0.29, 0.717) is 0 Å². The number of halogens is 2. The summed E-state index contributed by atoms with van der Waals surface area (Å²) < 4.78 is 0. The maximum Gasteiger partial charge on any atom is 0.119 e. The minimum Gasteiger partial charge on any atom is -0.113 e. The second kappa shape index (κ2) is 10.1. The van der Waals surface area contributed by atoms with Crippen LogP contribution in [0.4, 0.5) is 0 Å². The Morgan fingerprint density at radius 3 is 1.38 bits per heavy atom. The van der Waals surface area contributed by atoms with Crippen LogP contribution in [0.15, 0.2) is 84.9 Å². The van der Waals surface area contributed by atoms with Crippen LogP contribution >= 0.6 is 23.2 Å². The van der Waals surface area contributed by atoms with E-state index >= 15 is 0 Å². The molecule has 0 aliphatic heterocycles. The monoisotopic (exact) mass is 540 g/mol. The summed E-state index contributed by atoms with van der Waals surface area (Å²) in [5.74, 6) is 0. The second-order valence-electron chi connectivity index (χ2n) is 10.7. The lowest BCUT2D eigenvalue weighted by Gasteiger charge is -2.37. The molecule has 0 radical (unpaired) electrons. The summed E-state index contributed by atoms with van der Waals surface area (Å²) in [6.07, 6.45) is 4.84. The van der Waals surface area contributed by atoms with E-state index in [1.54, 1.807) is 0 Å². The summed E-state index contributed by atoms with van der Waals surface area (Å²) >= 11 is 14.7. The zero-order valence-electron chi connectivity index (χ0n) is 21.7. The molecule has 0 fully saturated rings.